The number of fused-ring (bicyclic) bond motifs is 4. The Bertz CT molecular complexity index is 844. The Balaban J connectivity index is 1.92. The minimum Gasteiger partial charge on any atom is -0.369 e. The summed E-state index contributed by atoms with van der Waals surface area (Å²) in [4.78, 5) is 8.90. The summed E-state index contributed by atoms with van der Waals surface area (Å²) in [6.45, 7) is 1.25. The average Bonchev–Trinajstić information content (AvgIpc) is 2.59. The molecule has 1 aliphatic heterocycles. The predicted molar refractivity (Wildman–Crippen MR) is 102 cm³/mol. The monoisotopic (exact) mass is 425 g/mol. The molecule has 25 heavy (non-hydrogen) atoms. The van der Waals surface area contributed by atoms with Crippen LogP contribution in [-0.4, -0.2) is 31.5 Å². The lowest BCUT2D eigenvalue weighted by molar-refractivity contribution is 0.573. The van der Waals surface area contributed by atoms with Crippen LogP contribution < -0.4 is 15.4 Å². The zero-order chi connectivity index (χ0) is 17.7. The van der Waals surface area contributed by atoms with E-state index >= 15 is 0 Å². The van der Waals surface area contributed by atoms with Crippen molar-refractivity contribution in [3.05, 3.63) is 34.9 Å². The Morgan fingerprint density at radius 2 is 1.88 bits per heavy atom. The lowest BCUT2D eigenvalue weighted by Crippen LogP contribution is -2.24. The van der Waals surface area contributed by atoms with Gasteiger partial charge in [-0.05, 0) is 47.0 Å². The maximum absolute atomic E-state index is 12.4. The number of rotatable bonds is 0. The van der Waals surface area contributed by atoms with E-state index in [1.165, 1.54) is 0 Å². The van der Waals surface area contributed by atoms with E-state index in [0.29, 0.717) is 18.2 Å². The van der Waals surface area contributed by atoms with Crippen molar-refractivity contribution >= 4 is 43.4 Å². The number of anilines is 3. The molecule has 0 saturated carbocycles. The number of benzene rings is 1. The Kier molecular flexibility index (Phi) is 5.87. The molecular formula is C16H20BrN5O2S. The minimum absolute atomic E-state index is 0.222. The first-order valence-electron chi connectivity index (χ1n) is 8.18. The van der Waals surface area contributed by atoms with E-state index in [0.717, 1.165) is 42.5 Å². The topological polar surface area (TPSA) is 96.0 Å². The van der Waals surface area contributed by atoms with E-state index in [-0.39, 0.29) is 4.90 Å². The normalized spacial score (nSPS) is 18.0. The number of halogens is 1. The van der Waals surface area contributed by atoms with Crippen LogP contribution in [0.1, 0.15) is 25.7 Å². The first-order chi connectivity index (χ1) is 12.0. The molecule has 1 aromatic carbocycles. The van der Waals surface area contributed by atoms with Gasteiger partial charge in [0, 0.05) is 25.0 Å². The molecule has 0 fully saturated rings. The molecule has 3 N–H and O–H groups in total. The lowest BCUT2D eigenvalue weighted by Gasteiger charge is -2.12. The largest absolute Gasteiger partial charge is 0.369 e. The smallest absolute Gasteiger partial charge is 0.240 e. The van der Waals surface area contributed by atoms with Gasteiger partial charge in [0.2, 0.25) is 16.0 Å². The summed E-state index contributed by atoms with van der Waals surface area (Å²) < 4.78 is 28.2. The van der Waals surface area contributed by atoms with Gasteiger partial charge in [-0.25, -0.2) is 18.1 Å². The van der Waals surface area contributed by atoms with Crippen LogP contribution in [0.3, 0.4) is 0 Å². The van der Waals surface area contributed by atoms with Crippen molar-refractivity contribution in [1.29, 1.82) is 0 Å². The van der Waals surface area contributed by atoms with Crippen molar-refractivity contribution in [1.82, 2.24) is 14.7 Å². The standard InChI is InChI=1S/C16H20BrN5O2S/c17-14-11-19-16-21-12-6-5-7-13(10-12)25(23,24)20-9-4-2-1-3-8-18-15(14)22-16/h5-7,10-11,20H,1-4,8-9H2,(H2,18,19,21,22). The number of nitrogens with one attached hydrogen (secondary N) is 3. The summed E-state index contributed by atoms with van der Waals surface area (Å²) in [7, 11) is -3.51. The fourth-order valence-corrected chi connectivity index (χ4v) is 3.97. The van der Waals surface area contributed by atoms with Crippen molar-refractivity contribution in [3.8, 4) is 0 Å². The third-order valence-corrected chi connectivity index (χ3v) is 5.87. The molecule has 0 aliphatic carbocycles. The highest BCUT2D eigenvalue weighted by Crippen LogP contribution is 2.23. The minimum atomic E-state index is -3.51. The van der Waals surface area contributed by atoms with Crippen LogP contribution in [-0.2, 0) is 10.0 Å². The molecule has 1 aliphatic rings. The zero-order valence-electron chi connectivity index (χ0n) is 13.6. The highest BCUT2D eigenvalue weighted by atomic mass is 79.9. The van der Waals surface area contributed by atoms with E-state index < -0.39 is 10.0 Å². The Hall–Kier alpha value is -1.71. The van der Waals surface area contributed by atoms with Crippen molar-refractivity contribution < 1.29 is 8.42 Å². The number of aromatic nitrogens is 2. The van der Waals surface area contributed by atoms with E-state index in [2.05, 4.69) is 41.3 Å². The van der Waals surface area contributed by atoms with Gasteiger partial charge in [-0.15, -0.1) is 0 Å². The SMILES string of the molecule is O=S1(=O)NCCCCCCNc2nc(ncc2Br)Nc2cccc1c2. The molecule has 0 radical (unpaired) electrons. The molecule has 3 rings (SSSR count). The summed E-state index contributed by atoms with van der Waals surface area (Å²) in [5, 5.41) is 6.36. The molecule has 0 atom stereocenters. The first kappa shape index (κ1) is 18.1. The quantitative estimate of drug-likeness (QED) is 0.599. The van der Waals surface area contributed by atoms with Gasteiger partial charge in [-0.1, -0.05) is 18.9 Å². The van der Waals surface area contributed by atoms with Crippen LogP contribution in [0.15, 0.2) is 39.8 Å². The van der Waals surface area contributed by atoms with Crippen LogP contribution in [0, 0.1) is 0 Å². The van der Waals surface area contributed by atoms with E-state index in [4.69, 9.17) is 0 Å². The summed E-state index contributed by atoms with van der Waals surface area (Å²) in [6, 6.07) is 6.62. The van der Waals surface area contributed by atoms with Crippen molar-refractivity contribution in [2.24, 2.45) is 0 Å². The van der Waals surface area contributed by atoms with Gasteiger partial charge in [-0.2, -0.15) is 4.98 Å². The molecule has 1 aromatic heterocycles. The number of sulfonamides is 1. The molecule has 2 heterocycles. The van der Waals surface area contributed by atoms with Gasteiger partial charge in [0.1, 0.15) is 5.82 Å². The van der Waals surface area contributed by atoms with Crippen LogP contribution >= 0.6 is 15.9 Å². The Morgan fingerprint density at radius 1 is 1.08 bits per heavy atom. The van der Waals surface area contributed by atoms with Crippen LogP contribution in [0.4, 0.5) is 17.5 Å². The van der Waals surface area contributed by atoms with E-state index in [1.54, 1.807) is 30.5 Å². The summed E-state index contributed by atoms with van der Waals surface area (Å²) in [5.41, 5.74) is 0.614. The highest BCUT2D eigenvalue weighted by molar-refractivity contribution is 9.10. The van der Waals surface area contributed by atoms with Gasteiger partial charge in [0.25, 0.3) is 0 Å². The molecule has 2 aromatic rings. The molecular weight excluding hydrogens is 406 g/mol. The van der Waals surface area contributed by atoms with Crippen LogP contribution in [0.2, 0.25) is 0 Å². The fourth-order valence-electron chi connectivity index (χ4n) is 2.52. The molecule has 7 nitrogen and oxygen atoms in total. The third-order valence-electron chi connectivity index (χ3n) is 3.83. The van der Waals surface area contributed by atoms with Gasteiger partial charge < -0.3 is 10.6 Å². The maximum Gasteiger partial charge on any atom is 0.240 e. The molecule has 134 valence electrons. The van der Waals surface area contributed by atoms with Gasteiger partial charge in [0.15, 0.2) is 0 Å². The molecule has 9 heteroatoms. The summed E-state index contributed by atoms with van der Waals surface area (Å²) in [6.07, 6.45) is 5.48. The first-order valence-corrected chi connectivity index (χ1v) is 10.5. The van der Waals surface area contributed by atoms with Gasteiger partial charge >= 0.3 is 0 Å². The van der Waals surface area contributed by atoms with Crippen LogP contribution in [0.25, 0.3) is 0 Å². The van der Waals surface area contributed by atoms with Crippen LogP contribution in [0.5, 0.6) is 0 Å². The lowest BCUT2D eigenvalue weighted by atomic mass is 10.2. The second-order valence-corrected chi connectivity index (χ2v) is 8.40. The van der Waals surface area contributed by atoms with Crippen molar-refractivity contribution in [3.63, 3.8) is 0 Å². The van der Waals surface area contributed by atoms with Gasteiger partial charge in [-0.3, -0.25) is 0 Å². The Morgan fingerprint density at radius 3 is 2.72 bits per heavy atom. The number of hydrogen-bond donors (Lipinski definition) is 3. The Labute approximate surface area is 155 Å². The van der Waals surface area contributed by atoms with Crippen molar-refractivity contribution in [2.45, 2.75) is 30.6 Å². The molecule has 0 unspecified atom stereocenters. The van der Waals surface area contributed by atoms with Crippen molar-refractivity contribution in [2.75, 3.05) is 23.7 Å². The molecule has 0 spiro atoms. The number of hydrogen-bond acceptors (Lipinski definition) is 6. The third kappa shape index (κ3) is 4.90. The number of nitrogens with zero attached hydrogens (tertiary/aromatic N) is 2. The average molecular weight is 426 g/mol. The second kappa shape index (κ2) is 8.11. The highest BCUT2D eigenvalue weighted by Gasteiger charge is 2.14. The summed E-state index contributed by atoms with van der Waals surface area (Å²) >= 11 is 3.44. The maximum atomic E-state index is 12.4. The van der Waals surface area contributed by atoms with E-state index in [1.807, 2.05) is 0 Å². The second-order valence-electron chi connectivity index (χ2n) is 5.78. The van der Waals surface area contributed by atoms with Gasteiger partial charge in [0.05, 0.1) is 9.37 Å². The zero-order valence-corrected chi connectivity index (χ0v) is 16.0. The fraction of sp³-hybridized carbons (Fsp3) is 0.375. The predicted octanol–water partition coefficient (Wildman–Crippen LogP) is 3.25. The van der Waals surface area contributed by atoms with E-state index in [9.17, 15) is 8.42 Å². The summed E-state index contributed by atoms with van der Waals surface area (Å²) in [5.74, 6) is 1.12. The molecule has 0 amide bonds. The molecule has 4 bridgehead atoms. The molecule has 0 saturated heterocycles.